The monoisotopic (exact) mass is 237 g/mol. The van der Waals surface area contributed by atoms with Gasteiger partial charge in [0, 0.05) is 23.1 Å². The number of hydrogen-bond donors (Lipinski definition) is 1. The first-order valence-electron chi connectivity index (χ1n) is 5.13. The van der Waals surface area contributed by atoms with Gasteiger partial charge in [-0.2, -0.15) is 0 Å². The Bertz CT molecular complexity index is 416. The minimum absolute atomic E-state index is 0.0567. The predicted molar refractivity (Wildman–Crippen MR) is 63.1 cm³/mol. The van der Waals surface area contributed by atoms with Crippen molar-refractivity contribution in [2.24, 2.45) is 5.11 Å². The first-order chi connectivity index (χ1) is 8.26. The number of aliphatic hydroxyl groups is 1. The summed E-state index contributed by atoms with van der Waals surface area (Å²) in [5, 5.41) is 12.6. The lowest BCUT2D eigenvalue weighted by Gasteiger charge is -2.15. The second kappa shape index (κ2) is 6.62. The molecule has 1 aromatic rings. The predicted octanol–water partition coefficient (Wildman–Crippen LogP) is 2.44. The average molecular weight is 237 g/mol. The number of hydrogen-bond acceptors (Lipinski definition) is 4. The van der Waals surface area contributed by atoms with Gasteiger partial charge in [0.2, 0.25) is 0 Å². The number of ether oxygens (including phenoxy) is 2. The average Bonchev–Trinajstić information content (AvgIpc) is 2.37. The second-order valence-electron chi connectivity index (χ2n) is 3.34. The molecule has 0 aliphatic rings. The van der Waals surface area contributed by atoms with E-state index in [2.05, 4.69) is 10.0 Å². The van der Waals surface area contributed by atoms with Gasteiger partial charge in [0.1, 0.15) is 11.5 Å². The van der Waals surface area contributed by atoms with Gasteiger partial charge in [0.05, 0.1) is 20.3 Å². The number of azide groups is 1. The van der Waals surface area contributed by atoms with Crippen molar-refractivity contribution in [3.63, 3.8) is 0 Å². The van der Waals surface area contributed by atoms with Crippen LogP contribution in [-0.4, -0.2) is 25.9 Å². The van der Waals surface area contributed by atoms with E-state index >= 15 is 0 Å². The number of aliphatic hydroxyl groups excluding tert-OH is 1. The summed E-state index contributed by atoms with van der Waals surface area (Å²) in [7, 11) is 3.09. The Kier molecular flexibility index (Phi) is 5.13. The third-order valence-corrected chi connectivity index (χ3v) is 2.39. The van der Waals surface area contributed by atoms with Crippen molar-refractivity contribution in [1.29, 1.82) is 0 Å². The standard InChI is InChI=1S/C11H15N3O3/c1-16-8-3-4-9(11(7-8)17-2)10(5-6-15)13-14-12/h3-4,7,10,15H,5-6H2,1-2H3. The molecular formula is C11H15N3O3. The van der Waals surface area contributed by atoms with E-state index in [-0.39, 0.29) is 6.61 Å². The van der Waals surface area contributed by atoms with Crippen LogP contribution in [0.3, 0.4) is 0 Å². The lowest BCUT2D eigenvalue weighted by Crippen LogP contribution is -2.01. The lowest BCUT2D eigenvalue weighted by atomic mass is 10.0. The van der Waals surface area contributed by atoms with Gasteiger partial charge in [-0.25, -0.2) is 0 Å². The molecule has 1 rings (SSSR count). The van der Waals surface area contributed by atoms with Crippen molar-refractivity contribution in [3.05, 3.63) is 34.2 Å². The largest absolute Gasteiger partial charge is 0.497 e. The molecule has 0 aliphatic carbocycles. The van der Waals surface area contributed by atoms with Gasteiger partial charge in [-0.05, 0) is 18.0 Å². The van der Waals surface area contributed by atoms with Gasteiger partial charge < -0.3 is 14.6 Å². The highest BCUT2D eigenvalue weighted by Crippen LogP contribution is 2.33. The zero-order chi connectivity index (χ0) is 12.7. The summed E-state index contributed by atoms with van der Waals surface area (Å²) >= 11 is 0. The van der Waals surface area contributed by atoms with Gasteiger partial charge in [-0.15, -0.1) is 0 Å². The van der Waals surface area contributed by atoms with Crippen LogP contribution in [0, 0.1) is 0 Å². The van der Waals surface area contributed by atoms with Crippen molar-refractivity contribution in [3.8, 4) is 11.5 Å². The summed E-state index contributed by atoms with van der Waals surface area (Å²) in [5.41, 5.74) is 9.24. The van der Waals surface area contributed by atoms with Crippen molar-refractivity contribution < 1.29 is 14.6 Å². The Hall–Kier alpha value is -1.91. The summed E-state index contributed by atoms with van der Waals surface area (Å²) in [4.78, 5) is 2.78. The van der Waals surface area contributed by atoms with Gasteiger partial charge in [-0.1, -0.05) is 11.2 Å². The fraction of sp³-hybridized carbons (Fsp3) is 0.455. The van der Waals surface area contributed by atoms with Crippen LogP contribution in [0.2, 0.25) is 0 Å². The molecule has 6 heteroatoms. The highest BCUT2D eigenvalue weighted by Gasteiger charge is 2.15. The highest BCUT2D eigenvalue weighted by molar-refractivity contribution is 5.42. The van der Waals surface area contributed by atoms with Crippen molar-refractivity contribution in [2.45, 2.75) is 12.5 Å². The zero-order valence-electron chi connectivity index (χ0n) is 9.83. The number of methoxy groups -OCH3 is 2. The number of rotatable bonds is 6. The maximum atomic E-state index is 8.94. The summed E-state index contributed by atoms with van der Waals surface area (Å²) < 4.78 is 10.3. The van der Waals surface area contributed by atoms with E-state index < -0.39 is 6.04 Å². The molecule has 0 fully saturated rings. The molecule has 0 amide bonds. The van der Waals surface area contributed by atoms with Crippen molar-refractivity contribution in [1.82, 2.24) is 0 Å². The quantitative estimate of drug-likeness (QED) is 0.468. The van der Waals surface area contributed by atoms with Crippen LogP contribution < -0.4 is 9.47 Å². The third-order valence-electron chi connectivity index (χ3n) is 2.39. The van der Waals surface area contributed by atoms with E-state index in [1.54, 1.807) is 25.3 Å². The van der Waals surface area contributed by atoms with E-state index in [1.807, 2.05) is 0 Å². The van der Waals surface area contributed by atoms with Crippen LogP contribution >= 0.6 is 0 Å². The van der Waals surface area contributed by atoms with Crippen molar-refractivity contribution in [2.75, 3.05) is 20.8 Å². The number of benzene rings is 1. The molecule has 1 aromatic carbocycles. The molecule has 0 bridgehead atoms. The Morgan fingerprint density at radius 1 is 1.41 bits per heavy atom. The Morgan fingerprint density at radius 2 is 2.18 bits per heavy atom. The fourth-order valence-electron chi connectivity index (χ4n) is 1.55. The molecule has 0 spiro atoms. The topological polar surface area (TPSA) is 87.5 Å². The van der Waals surface area contributed by atoms with Crippen LogP contribution in [0.1, 0.15) is 18.0 Å². The molecule has 6 nitrogen and oxygen atoms in total. The molecule has 92 valence electrons. The summed E-state index contributed by atoms with van der Waals surface area (Å²) in [5.74, 6) is 1.24. The van der Waals surface area contributed by atoms with Crippen molar-refractivity contribution >= 4 is 0 Å². The van der Waals surface area contributed by atoms with E-state index in [0.29, 0.717) is 17.9 Å². The minimum atomic E-state index is -0.439. The molecule has 0 heterocycles. The minimum Gasteiger partial charge on any atom is -0.497 e. The first kappa shape index (κ1) is 13.2. The van der Waals surface area contributed by atoms with Crippen LogP contribution in [0.4, 0.5) is 0 Å². The Balaban J connectivity index is 3.12. The van der Waals surface area contributed by atoms with Crippen LogP contribution in [-0.2, 0) is 0 Å². The smallest absolute Gasteiger partial charge is 0.126 e. The van der Waals surface area contributed by atoms with E-state index in [9.17, 15) is 0 Å². The van der Waals surface area contributed by atoms with Gasteiger partial charge in [-0.3, -0.25) is 0 Å². The SMILES string of the molecule is COc1ccc(C(CCO)N=[N+]=[N-])c(OC)c1. The van der Waals surface area contributed by atoms with E-state index in [4.69, 9.17) is 20.1 Å². The second-order valence-corrected chi connectivity index (χ2v) is 3.34. The Morgan fingerprint density at radius 3 is 2.71 bits per heavy atom. The fourth-order valence-corrected chi connectivity index (χ4v) is 1.55. The maximum Gasteiger partial charge on any atom is 0.126 e. The maximum absolute atomic E-state index is 8.94. The third kappa shape index (κ3) is 3.27. The first-order valence-corrected chi connectivity index (χ1v) is 5.13. The van der Waals surface area contributed by atoms with Crippen LogP contribution in [0.5, 0.6) is 11.5 Å². The summed E-state index contributed by atoms with van der Waals surface area (Å²) in [6.07, 6.45) is 0.354. The molecule has 0 aliphatic heterocycles. The van der Waals surface area contributed by atoms with Gasteiger partial charge in [0.25, 0.3) is 0 Å². The number of nitrogens with zero attached hydrogens (tertiary/aromatic N) is 3. The van der Waals surface area contributed by atoms with E-state index in [0.717, 1.165) is 5.56 Å². The highest BCUT2D eigenvalue weighted by atomic mass is 16.5. The molecule has 1 N–H and O–H groups in total. The zero-order valence-corrected chi connectivity index (χ0v) is 9.83. The Labute approximate surface area is 99.4 Å². The van der Waals surface area contributed by atoms with Gasteiger partial charge >= 0.3 is 0 Å². The molecule has 0 radical (unpaired) electrons. The summed E-state index contributed by atoms with van der Waals surface area (Å²) in [6, 6.07) is 4.81. The molecule has 17 heavy (non-hydrogen) atoms. The molecule has 1 atom stereocenters. The summed E-state index contributed by atoms with van der Waals surface area (Å²) in [6.45, 7) is -0.0567. The van der Waals surface area contributed by atoms with Crippen LogP contribution in [0.25, 0.3) is 10.4 Å². The molecular weight excluding hydrogens is 222 g/mol. The normalized spacial score (nSPS) is 11.5. The van der Waals surface area contributed by atoms with E-state index in [1.165, 1.54) is 7.11 Å². The molecule has 1 unspecified atom stereocenters. The molecule has 0 saturated heterocycles. The lowest BCUT2D eigenvalue weighted by molar-refractivity contribution is 0.275. The van der Waals surface area contributed by atoms with Gasteiger partial charge in [0.15, 0.2) is 0 Å². The molecule has 0 aromatic heterocycles. The molecule has 0 saturated carbocycles. The van der Waals surface area contributed by atoms with Crippen LogP contribution in [0.15, 0.2) is 23.3 Å².